The van der Waals surface area contributed by atoms with E-state index in [9.17, 15) is 10.2 Å². The Morgan fingerprint density at radius 1 is 0.520 bits per heavy atom. The molecule has 1 aliphatic heterocycles. The molecule has 0 radical (unpaired) electrons. The van der Waals surface area contributed by atoms with Crippen LogP contribution in [0.15, 0.2) is 48.6 Å². The molecule has 50 heavy (non-hydrogen) atoms. The molecule has 0 aromatic carbocycles. The first-order valence-corrected chi connectivity index (χ1v) is 21.5. The first-order valence-electron chi connectivity index (χ1n) is 21.5. The average Bonchev–Trinajstić information content (AvgIpc) is 3.51. The molecule has 1 rings (SSSR count). The zero-order valence-electron chi connectivity index (χ0n) is 33.1. The highest BCUT2D eigenvalue weighted by atomic mass is 16.5. The van der Waals surface area contributed by atoms with Crippen LogP contribution in [-0.4, -0.2) is 73.4 Å². The molecule has 2 N–H and O–H groups in total. The van der Waals surface area contributed by atoms with Crippen LogP contribution in [0.1, 0.15) is 174 Å². The Morgan fingerprint density at radius 3 is 1.28 bits per heavy atom. The predicted octanol–water partition coefficient (Wildman–Crippen LogP) is 11.7. The largest absolute Gasteiger partial charge is 0.396 e. The van der Waals surface area contributed by atoms with Gasteiger partial charge in [0.15, 0.2) is 0 Å². The summed E-state index contributed by atoms with van der Waals surface area (Å²) in [6.07, 6.45) is 49.6. The highest BCUT2D eigenvalue weighted by Crippen LogP contribution is 2.21. The molecule has 0 bridgehead atoms. The number of aliphatic hydroxyl groups excluding tert-OH is 2. The van der Waals surface area contributed by atoms with E-state index in [0.29, 0.717) is 6.42 Å². The van der Waals surface area contributed by atoms with Gasteiger partial charge in [0.05, 0.1) is 12.2 Å². The fraction of sp³-hybridized carbons (Fsp3) is 0.822. The summed E-state index contributed by atoms with van der Waals surface area (Å²) in [5, 5.41) is 19.2. The zero-order valence-corrected chi connectivity index (χ0v) is 33.1. The van der Waals surface area contributed by atoms with Crippen molar-refractivity contribution < 1.29 is 19.7 Å². The first kappa shape index (κ1) is 46.8. The predicted molar refractivity (Wildman–Crippen MR) is 217 cm³/mol. The van der Waals surface area contributed by atoms with Crippen molar-refractivity contribution in [2.24, 2.45) is 5.92 Å². The van der Waals surface area contributed by atoms with Gasteiger partial charge in [-0.2, -0.15) is 0 Å². The van der Waals surface area contributed by atoms with Crippen molar-refractivity contribution in [3.63, 3.8) is 0 Å². The van der Waals surface area contributed by atoms with E-state index in [2.05, 4.69) is 67.4 Å². The first-order chi connectivity index (χ1) is 24.7. The monoisotopic (exact) mass is 702 g/mol. The quantitative estimate of drug-likeness (QED) is 0.0499. The minimum atomic E-state index is 0.103. The SMILES string of the molecule is CCCCC/C=C\C/C=C\CCCCCCCCO[C@@H]1CN(CC(CO)CCO)C[C@H]1OCCCCCCCC/C=C\C/C=C\CCCCC. The molecule has 0 spiro atoms. The number of likely N-dealkylation sites (tertiary alicyclic amines) is 1. The lowest BCUT2D eigenvalue weighted by molar-refractivity contribution is -0.0481. The normalized spacial score (nSPS) is 17.9. The number of hydrogen-bond acceptors (Lipinski definition) is 5. The van der Waals surface area contributed by atoms with Crippen molar-refractivity contribution >= 4 is 0 Å². The van der Waals surface area contributed by atoms with Gasteiger partial charge in [0.2, 0.25) is 0 Å². The fourth-order valence-corrected chi connectivity index (χ4v) is 6.73. The molecule has 3 atom stereocenters. The van der Waals surface area contributed by atoms with Gasteiger partial charge >= 0.3 is 0 Å². The second-order valence-corrected chi connectivity index (χ2v) is 14.8. The maximum atomic E-state index is 9.77. The smallest absolute Gasteiger partial charge is 0.0975 e. The van der Waals surface area contributed by atoms with Crippen LogP contribution in [0.4, 0.5) is 0 Å². The van der Waals surface area contributed by atoms with E-state index in [0.717, 1.165) is 58.5 Å². The Balaban J connectivity index is 2.16. The van der Waals surface area contributed by atoms with Gasteiger partial charge in [-0.25, -0.2) is 0 Å². The van der Waals surface area contributed by atoms with Crippen LogP contribution >= 0.6 is 0 Å². The van der Waals surface area contributed by atoms with E-state index in [1.165, 1.54) is 128 Å². The van der Waals surface area contributed by atoms with Gasteiger partial charge < -0.3 is 19.7 Å². The molecule has 1 saturated heterocycles. The van der Waals surface area contributed by atoms with Gasteiger partial charge in [0.1, 0.15) is 0 Å². The summed E-state index contributed by atoms with van der Waals surface area (Å²) in [7, 11) is 0. The van der Waals surface area contributed by atoms with Crippen LogP contribution in [-0.2, 0) is 9.47 Å². The number of aliphatic hydroxyl groups is 2. The number of hydrogen-bond donors (Lipinski definition) is 2. The zero-order chi connectivity index (χ0) is 36.0. The van der Waals surface area contributed by atoms with Crippen LogP contribution in [0.3, 0.4) is 0 Å². The highest BCUT2D eigenvalue weighted by Gasteiger charge is 2.35. The molecular formula is C45H83NO4. The van der Waals surface area contributed by atoms with Crippen LogP contribution in [0, 0.1) is 5.92 Å². The highest BCUT2D eigenvalue weighted by molar-refractivity contribution is 4.93. The van der Waals surface area contributed by atoms with Gasteiger partial charge in [-0.3, -0.25) is 4.90 Å². The number of rotatable bonds is 37. The maximum Gasteiger partial charge on any atom is 0.0975 e. The average molecular weight is 702 g/mol. The third-order valence-electron chi connectivity index (χ3n) is 9.96. The van der Waals surface area contributed by atoms with Crippen molar-refractivity contribution in [1.82, 2.24) is 4.90 Å². The van der Waals surface area contributed by atoms with Crippen molar-refractivity contribution in [3.05, 3.63) is 48.6 Å². The van der Waals surface area contributed by atoms with Crippen LogP contribution < -0.4 is 0 Å². The van der Waals surface area contributed by atoms with Crippen LogP contribution in [0.5, 0.6) is 0 Å². The molecule has 0 saturated carbocycles. The molecule has 292 valence electrons. The van der Waals surface area contributed by atoms with E-state index in [4.69, 9.17) is 9.47 Å². The molecule has 0 aromatic rings. The lowest BCUT2D eigenvalue weighted by Crippen LogP contribution is -2.31. The van der Waals surface area contributed by atoms with Crippen molar-refractivity contribution in [2.75, 3.05) is 46.1 Å². The molecule has 5 nitrogen and oxygen atoms in total. The maximum absolute atomic E-state index is 9.77. The number of allylic oxidation sites excluding steroid dienone is 8. The summed E-state index contributed by atoms with van der Waals surface area (Å²) in [5.74, 6) is 0.111. The summed E-state index contributed by atoms with van der Waals surface area (Å²) in [6, 6.07) is 0. The standard InChI is InChI=1S/C45H83NO4/c1-3-5-7-9-11-13-15-17-19-21-23-25-27-29-31-33-37-49-44-40-46(39-43(42-48)35-36-47)41-45(44)50-38-34-32-30-28-26-24-22-20-18-16-14-12-10-8-6-4-2/h11-14,17-20,43-45,47-48H,3-10,15-16,21-42H2,1-2H3/b13-11-,14-12-,19-17-,20-18-/t43?,44-,45-/m1/s1. The molecule has 1 aliphatic rings. The Labute approximate surface area is 311 Å². The molecule has 0 aromatic heterocycles. The molecule has 1 unspecified atom stereocenters. The van der Waals surface area contributed by atoms with E-state index in [1.807, 2.05) is 0 Å². The van der Waals surface area contributed by atoms with Crippen LogP contribution in [0.25, 0.3) is 0 Å². The van der Waals surface area contributed by atoms with Gasteiger partial charge in [-0.05, 0) is 89.4 Å². The Bertz CT molecular complexity index is 751. The van der Waals surface area contributed by atoms with Crippen LogP contribution in [0.2, 0.25) is 0 Å². The molecule has 0 amide bonds. The molecule has 5 heteroatoms. The third kappa shape index (κ3) is 29.3. The van der Waals surface area contributed by atoms with E-state index in [-0.39, 0.29) is 31.3 Å². The lowest BCUT2D eigenvalue weighted by Gasteiger charge is -2.21. The van der Waals surface area contributed by atoms with E-state index in [1.54, 1.807) is 0 Å². The van der Waals surface area contributed by atoms with E-state index < -0.39 is 0 Å². The second kappa shape index (κ2) is 37.5. The van der Waals surface area contributed by atoms with Crippen molar-refractivity contribution in [2.45, 2.75) is 187 Å². The summed E-state index contributed by atoms with van der Waals surface area (Å²) in [6.45, 7) is 8.89. The van der Waals surface area contributed by atoms with Crippen molar-refractivity contribution in [1.29, 1.82) is 0 Å². The molecule has 0 aliphatic carbocycles. The number of ether oxygens (including phenoxy) is 2. The van der Waals surface area contributed by atoms with E-state index >= 15 is 0 Å². The Morgan fingerprint density at radius 2 is 0.900 bits per heavy atom. The second-order valence-electron chi connectivity index (χ2n) is 14.8. The summed E-state index contributed by atoms with van der Waals surface area (Å²) >= 11 is 0. The Kier molecular flexibility index (Phi) is 35.1. The van der Waals surface area contributed by atoms with Crippen molar-refractivity contribution in [3.8, 4) is 0 Å². The lowest BCUT2D eigenvalue weighted by atomic mass is 10.1. The third-order valence-corrected chi connectivity index (χ3v) is 9.96. The minimum Gasteiger partial charge on any atom is -0.396 e. The summed E-state index contributed by atoms with van der Waals surface area (Å²) < 4.78 is 12.8. The number of unbranched alkanes of at least 4 members (excludes halogenated alkanes) is 18. The van der Waals surface area contributed by atoms with Gasteiger partial charge in [0.25, 0.3) is 0 Å². The minimum absolute atomic E-state index is 0.103. The van der Waals surface area contributed by atoms with Gasteiger partial charge in [0, 0.05) is 46.1 Å². The summed E-state index contributed by atoms with van der Waals surface area (Å²) in [5.41, 5.74) is 0. The Hall–Kier alpha value is -1.24. The van der Waals surface area contributed by atoms with Gasteiger partial charge in [-0.1, -0.05) is 140 Å². The fourth-order valence-electron chi connectivity index (χ4n) is 6.73. The molecular weight excluding hydrogens is 618 g/mol. The topological polar surface area (TPSA) is 62.2 Å². The number of nitrogens with zero attached hydrogens (tertiary/aromatic N) is 1. The molecule has 1 fully saturated rings. The van der Waals surface area contributed by atoms with Gasteiger partial charge in [-0.15, -0.1) is 0 Å². The molecule has 1 heterocycles. The summed E-state index contributed by atoms with van der Waals surface area (Å²) in [4.78, 5) is 2.38.